The first-order valence-corrected chi connectivity index (χ1v) is 8.84. The number of aryl methyl sites for hydroxylation is 1. The Bertz CT molecular complexity index is 681. The number of methoxy groups -OCH3 is 1. The van der Waals surface area contributed by atoms with Crippen LogP contribution in [0.2, 0.25) is 0 Å². The molecular formula is C19H29IN4O3. The SMILES string of the molecule is CN=C(NCCNC(=O)c1cccc(C)c1)N1CC(C)C(C(=O)OC)C1.I. The van der Waals surface area contributed by atoms with Gasteiger partial charge in [-0.15, -0.1) is 24.0 Å². The Morgan fingerprint density at radius 2 is 1.96 bits per heavy atom. The second-order valence-electron chi connectivity index (χ2n) is 6.61. The zero-order chi connectivity index (χ0) is 19.1. The molecule has 1 aromatic carbocycles. The van der Waals surface area contributed by atoms with Gasteiger partial charge in [0.25, 0.3) is 5.91 Å². The number of rotatable bonds is 5. The summed E-state index contributed by atoms with van der Waals surface area (Å²) >= 11 is 0. The van der Waals surface area contributed by atoms with Crippen LogP contribution in [0.1, 0.15) is 22.8 Å². The van der Waals surface area contributed by atoms with Crippen LogP contribution in [0, 0.1) is 18.8 Å². The molecule has 0 bridgehead atoms. The van der Waals surface area contributed by atoms with Crippen molar-refractivity contribution in [2.45, 2.75) is 13.8 Å². The summed E-state index contributed by atoms with van der Waals surface area (Å²) in [4.78, 5) is 30.3. The van der Waals surface area contributed by atoms with Crippen molar-refractivity contribution in [1.82, 2.24) is 15.5 Å². The van der Waals surface area contributed by atoms with Crippen molar-refractivity contribution < 1.29 is 14.3 Å². The number of benzene rings is 1. The van der Waals surface area contributed by atoms with Crippen LogP contribution in [0.25, 0.3) is 0 Å². The van der Waals surface area contributed by atoms with Crippen LogP contribution in [-0.4, -0.2) is 63.1 Å². The van der Waals surface area contributed by atoms with Gasteiger partial charge in [0.05, 0.1) is 13.0 Å². The van der Waals surface area contributed by atoms with Gasteiger partial charge in [0.2, 0.25) is 0 Å². The molecule has 1 aliphatic heterocycles. The number of nitrogens with zero attached hydrogens (tertiary/aromatic N) is 2. The number of likely N-dealkylation sites (tertiary alicyclic amines) is 1. The Labute approximate surface area is 178 Å². The summed E-state index contributed by atoms with van der Waals surface area (Å²) in [5.41, 5.74) is 1.71. The van der Waals surface area contributed by atoms with Gasteiger partial charge in [0, 0.05) is 38.8 Å². The number of nitrogens with one attached hydrogen (secondary N) is 2. The minimum absolute atomic E-state index is 0. The van der Waals surface area contributed by atoms with Crippen molar-refractivity contribution >= 4 is 41.8 Å². The third kappa shape index (κ3) is 6.37. The highest BCUT2D eigenvalue weighted by Gasteiger charge is 2.36. The fourth-order valence-electron chi connectivity index (χ4n) is 3.17. The first-order chi connectivity index (χ1) is 12.5. The van der Waals surface area contributed by atoms with Gasteiger partial charge in [-0.3, -0.25) is 14.6 Å². The van der Waals surface area contributed by atoms with Gasteiger partial charge in [0.15, 0.2) is 5.96 Å². The Kier molecular flexibility index (Phi) is 9.54. The predicted octanol–water partition coefficient (Wildman–Crippen LogP) is 1.66. The maximum absolute atomic E-state index is 12.1. The van der Waals surface area contributed by atoms with E-state index < -0.39 is 0 Å². The Balaban J connectivity index is 0.00000364. The van der Waals surface area contributed by atoms with Crippen molar-refractivity contribution in [3.05, 3.63) is 35.4 Å². The standard InChI is InChI=1S/C19H28N4O3.HI/c1-13-6-5-7-15(10-13)17(24)21-8-9-22-19(20-3)23-11-14(2)16(12-23)18(25)26-4;/h5-7,10,14,16H,8-9,11-12H2,1-4H3,(H,20,22)(H,21,24);1H. The Morgan fingerprint density at radius 3 is 2.59 bits per heavy atom. The van der Waals surface area contributed by atoms with Crippen molar-refractivity contribution in [3.8, 4) is 0 Å². The van der Waals surface area contributed by atoms with Gasteiger partial charge in [0.1, 0.15) is 0 Å². The second kappa shape index (κ2) is 11.1. The number of hydrogen-bond donors (Lipinski definition) is 2. The molecule has 27 heavy (non-hydrogen) atoms. The second-order valence-corrected chi connectivity index (χ2v) is 6.61. The lowest BCUT2D eigenvalue weighted by molar-refractivity contribution is -0.145. The minimum atomic E-state index is -0.180. The molecular weight excluding hydrogens is 459 g/mol. The van der Waals surface area contributed by atoms with E-state index in [9.17, 15) is 9.59 Å². The first kappa shape index (κ1) is 23.2. The molecule has 1 saturated heterocycles. The zero-order valence-corrected chi connectivity index (χ0v) is 18.7. The molecule has 7 nitrogen and oxygen atoms in total. The third-order valence-corrected chi connectivity index (χ3v) is 4.60. The molecule has 1 aromatic rings. The number of halogens is 1. The molecule has 8 heteroatoms. The van der Waals surface area contributed by atoms with Crippen molar-refractivity contribution in [2.75, 3.05) is 40.3 Å². The van der Waals surface area contributed by atoms with E-state index in [4.69, 9.17) is 4.74 Å². The summed E-state index contributed by atoms with van der Waals surface area (Å²) in [6.07, 6.45) is 0. The molecule has 1 heterocycles. The van der Waals surface area contributed by atoms with E-state index in [1.807, 2.05) is 32.0 Å². The van der Waals surface area contributed by atoms with Crippen LogP contribution < -0.4 is 10.6 Å². The normalized spacial score (nSPS) is 19.3. The molecule has 0 aliphatic carbocycles. The molecule has 0 spiro atoms. The summed E-state index contributed by atoms with van der Waals surface area (Å²) < 4.78 is 4.87. The fraction of sp³-hybridized carbons (Fsp3) is 0.526. The Morgan fingerprint density at radius 1 is 1.26 bits per heavy atom. The van der Waals surface area contributed by atoms with Gasteiger partial charge < -0.3 is 20.3 Å². The quantitative estimate of drug-likeness (QED) is 0.217. The van der Waals surface area contributed by atoms with Crippen LogP contribution in [-0.2, 0) is 9.53 Å². The lowest BCUT2D eigenvalue weighted by atomic mass is 9.99. The largest absolute Gasteiger partial charge is 0.469 e. The molecule has 2 rings (SSSR count). The molecule has 150 valence electrons. The van der Waals surface area contributed by atoms with E-state index in [0.717, 1.165) is 18.1 Å². The van der Waals surface area contributed by atoms with Gasteiger partial charge in [-0.25, -0.2) is 0 Å². The first-order valence-electron chi connectivity index (χ1n) is 8.84. The van der Waals surface area contributed by atoms with Gasteiger partial charge in [-0.2, -0.15) is 0 Å². The smallest absolute Gasteiger partial charge is 0.310 e. The number of amides is 1. The topological polar surface area (TPSA) is 83.0 Å². The molecule has 1 fully saturated rings. The number of ether oxygens (including phenoxy) is 1. The molecule has 2 atom stereocenters. The van der Waals surface area contributed by atoms with Gasteiger partial charge in [-0.05, 0) is 25.0 Å². The highest BCUT2D eigenvalue weighted by Crippen LogP contribution is 2.23. The van der Waals surface area contributed by atoms with E-state index in [-0.39, 0.29) is 47.7 Å². The van der Waals surface area contributed by atoms with E-state index in [1.165, 1.54) is 7.11 Å². The summed E-state index contributed by atoms with van der Waals surface area (Å²) in [5.74, 6) is 0.529. The Hall–Kier alpha value is -1.84. The van der Waals surface area contributed by atoms with Crippen LogP contribution >= 0.6 is 24.0 Å². The lowest BCUT2D eigenvalue weighted by Crippen LogP contribution is -2.43. The van der Waals surface area contributed by atoms with Gasteiger partial charge in [-0.1, -0.05) is 24.6 Å². The monoisotopic (exact) mass is 488 g/mol. The molecule has 1 aliphatic rings. The lowest BCUT2D eigenvalue weighted by Gasteiger charge is -2.21. The van der Waals surface area contributed by atoms with E-state index in [2.05, 4.69) is 20.5 Å². The molecule has 0 aromatic heterocycles. The number of carbonyl (C=O) groups is 2. The van der Waals surface area contributed by atoms with E-state index in [0.29, 0.717) is 25.2 Å². The van der Waals surface area contributed by atoms with E-state index in [1.54, 1.807) is 13.1 Å². The average Bonchev–Trinajstić information content (AvgIpc) is 3.02. The predicted molar refractivity (Wildman–Crippen MR) is 117 cm³/mol. The molecule has 0 saturated carbocycles. The van der Waals surface area contributed by atoms with Crippen molar-refractivity contribution in [2.24, 2.45) is 16.8 Å². The van der Waals surface area contributed by atoms with Gasteiger partial charge >= 0.3 is 5.97 Å². The molecule has 2 N–H and O–H groups in total. The highest BCUT2D eigenvalue weighted by molar-refractivity contribution is 14.0. The number of hydrogen-bond acceptors (Lipinski definition) is 4. The summed E-state index contributed by atoms with van der Waals surface area (Å²) in [6.45, 7) is 6.36. The van der Waals surface area contributed by atoms with Crippen LogP contribution in [0.3, 0.4) is 0 Å². The van der Waals surface area contributed by atoms with Crippen molar-refractivity contribution in [1.29, 1.82) is 0 Å². The molecule has 2 unspecified atom stereocenters. The summed E-state index contributed by atoms with van der Waals surface area (Å²) in [5, 5.41) is 6.13. The summed E-state index contributed by atoms with van der Waals surface area (Å²) in [7, 11) is 3.13. The average molecular weight is 488 g/mol. The number of guanidine groups is 1. The maximum Gasteiger partial charge on any atom is 0.310 e. The van der Waals surface area contributed by atoms with Crippen LogP contribution in [0.4, 0.5) is 0 Å². The number of carbonyl (C=O) groups excluding carboxylic acids is 2. The zero-order valence-electron chi connectivity index (χ0n) is 16.3. The highest BCUT2D eigenvalue weighted by atomic mass is 127. The number of aliphatic imine (C=N–C) groups is 1. The van der Waals surface area contributed by atoms with Crippen LogP contribution in [0.5, 0.6) is 0 Å². The molecule has 1 amide bonds. The number of esters is 1. The maximum atomic E-state index is 12.1. The van der Waals surface area contributed by atoms with Crippen molar-refractivity contribution in [3.63, 3.8) is 0 Å². The minimum Gasteiger partial charge on any atom is -0.469 e. The summed E-state index contributed by atoms with van der Waals surface area (Å²) in [6, 6.07) is 7.49. The fourth-order valence-corrected chi connectivity index (χ4v) is 3.17. The van der Waals surface area contributed by atoms with E-state index >= 15 is 0 Å². The molecule has 0 radical (unpaired) electrons. The van der Waals surface area contributed by atoms with Crippen LogP contribution in [0.15, 0.2) is 29.3 Å². The third-order valence-electron chi connectivity index (χ3n) is 4.60.